The van der Waals surface area contributed by atoms with E-state index in [1.54, 1.807) is 62.4 Å². The van der Waals surface area contributed by atoms with Crippen molar-refractivity contribution in [3.63, 3.8) is 0 Å². The smallest absolute Gasteiger partial charge is 0.349 e. The molecule has 0 aliphatic carbocycles. The Morgan fingerprint density at radius 3 is 2.25 bits per heavy atom. The predicted molar refractivity (Wildman–Crippen MR) is 103 cm³/mol. The number of carbonyl (C=O) groups is 2. The van der Waals surface area contributed by atoms with Crippen molar-refractivity contribution in [3.8, 4) is 11.8 Å². The highest BCUT2D eigenvalue weighted by Gasteiger charge is 2.12. The minimum atomic E-state index is -0.645. The summed E-state index contributed by atoms with van der Waals surface area (Å²) in [5.41, 5.74) is 2.01. The summed E-state index contributed by atoms with van der Waals surface area (Å²) in [6.07, 6.45) is 1.18. The molecule has 0 fully saturated rings. The van der Waals surface area contributed by atoms with Crippen LogP contribution in [0.3, 0.4) is 0 Å². The van der Waals surface area contributed by atoms with Crippen LogP contribution in [-0.4, -0.2) is 25.2 Å². The molecule has 0 amide bonds. The zero-order valence-electron chi connectivity index (χ0n) is 16.0. The number of benzene rings is 2. The van der Waals surface area contributed by atoms with Crippen molar-refractivity contribution in [2.75, 3.05) is 7.11 Å². The van der Waals surface area contributed by atoms with Crippen LogP contribution in [0, 0.1) is 11.3 Å². The Balaban J connectivity index is 1.99. The van der Waals surface area contributed by atoms with Gasteiger partial charge in [-0.15, -0.1) is 0 Å². The van der Waals surface area contributed by atoms with Crippen molar-refractivity contribution >= 4 is 18.0 Å². The van der Waals surface area contributed by atoms with Crippen LogP contribution in [0.4, 0.5) is 0 Å². The van der Waals surface area contributed by atoms with E-state index in [-0.39, 0.29) is 17.6 Å². The predicted octanol–water partition coefficient (Wildman–Crippen LogP) is 3.91. The van der Waals surface area contributed by atoms with Gasteiger partial charge in [0.05, 0.1) is 18.8 Å². The minimum absolute atomic E-state index is 0.0620. The molecule has 144 valence electrons. The maximum Gasteiger partial charge on any atom is 0.349 e. The molecule has 6 heteroatoms. The average molecular weight is 379 g/mol. The van der Waals surface area contributed by atoms with Gasteiger partial charge in [0.2, 0.25) is 0 Å². The molecule has 0 radical (unpaired) electrons. The topological polar surface area (TPSA) is 85.6 Å². The number of carbonyl (C=O) groups excluding carboxylic acids is 2. The highest BCUT2D eigenvalue weighted by Crippen LogP contribution is 2.17. The number of rotatable bonds is 7. The fraction of sp³-hybridized carbons (Fsp3) is 0.227. The molecule has 0 aliphatic heterocycles. The third kappa shape index (κ3) is 5.99. The molecule has 0 heterocycles. The quantitative estimate of drug-likeness (QED) is 0.412. The van der Waals surface area contributed by atoms with Crippen molar-refractivity contribution in [3.05, 3.63) is 70.8 Å². The fourth-order valence-corrected chi connectivity index (χ4v) is 2.26. The van der Waals surface area contributed by atoms with Crippen molar-refractivity contribution in [2.45, 2.75) is 26.6 Å². The SMILES string of the molecule is COC(=O)c1ccc(COc2ccc(/C=C(\C#N)C(=O)OC(C)C)cc2)cc1. The zero-order valence-corrected chi connectivity index (χ0v) is 16.0. The molecule has 0 atom stereocenters. The van der Waals surface area contributed by atoms with Gasteiger partial charge in [0.1, 0.15) is 24.0 Å². The van der Waals surface area contributed by atoms with Crippen LogP contribution >= 0.6 is 0 Å². The summed E-state index contributed by atoms with van der Waals surface area (Å²) in [6.45, 7) is 3.78. The maximum atomic E-state index is 11.8. The van der Waals surface area contributed by atoms with Gasteiger partial charge in [0.15, 0.2) is 0 Å². The Morgan fingerprint density at radius 2 is 1.71 bits per heavy atom. The van der Waals surface area contributed by atoms with Crippen LogP contribution in [0.2, 0.25) is 0 Å². The van der Waals surface area contributed by atoms with Gasteiger partial charge in [-0.25, -0.2) is 9.59 Å². The number of hydrogen-bond acceptors (Lipinski definition) is 6. The summed E-state index contributed by atoms with van der Waals surface area (Å²) in [5, 5.41) is 9.13. The minimum Gasteiger partial charge on any atom is -0.489 e. The van der Waals surface area contributed by atoms with E-state index < -0.39 is 5.97 Å². The lowest BCUT2D eigenvalue weighted by Crippen LogP contribution is -2.12. The van der Waals surface area contributed by atoms with Gasteiger partial charge in [-0.1, -0.05) is 24.3 Å². The van der Waals surface area contributed by atoms with Crippen LogP contribution in [0.25, 0.3) is 6.08 Å². The largest absolute Gasteiger partial charge is 0.489 e. The lowest BCUT2D eigenvalue weighted by molar-refractivity contribution is -0.142. The van der Waals surface area contributed by atoms with E-state index in [0.29, 0.717) is 23.5 Å². The van der Waals surface area contributed by atoms with Gasteiger partial charge in [-0.2, -0.15) is 5.26 Å². The average Bonchev–Trinajstić information content (AvgIpc) is 2.70. The standard InChI is InChI=1S/C22H21NO5/c1-15(2)28-22(25)19(13-23)12-16-6-10-20(11-7-16)27-14-17-4-8-18(9-5-17)21(24)26-3/h4-12,15H,14H2,1-3H3/b19-12+. The van der Waals surface area contributed by atoms with Gasteiger partial charge in [-0.3, -0.25) is 0 Å². The number of nitriles is 1. The highest BCUT2D eigenvalue weighted by molar-refractivity contribution is 5.98. The first kappa shape index (κ1) is 20.7. The Kier molecular flexibility index (Phi) is 7.35. The van der Waals surface area contributed by atoms with E-state index in [9.17, 15) is 9.59 Å². The second kappa shape index (κ2) is 9.93. The number of methoxy groups -OCH3 is 1. The Hall–Kier alpha value is -3.59. The summed E-state index contributed by atoms with van der Waals surface area (Å²) < 4.78 is 15.4. The third-order valence-corrected chi connectivity index (χ3v) is 3.65. The molecule has 0 N–H and O–H groups in total. The molecule has 28 heavy (non-hydrogen) atoms. The first-order valence-corrected chi connectivity index (χ1v) is 8.66. The van der Waals surface area contributed by atoms with Gasteiger partial charge in [0, 0.05) is 0 Å². The molecule has 6 nitrogen and oxygen atoms in total. The van der Waals surface area contributed by atoms with E-state index >= 15 is 0 Å². The molecule has 2 aromatic rings. The summed E-state index contributed by atoms with van der Waals surface area (Å²) in [5.74, 6) is -0.393. The first-order valence-electron chi connectivity index (χ1n) is 8.66. The molecule has 0 spiro atoms. The second-order valence-electron chi connectivity index (χ2n) is 6.17. The van der Waals surface area contributed by atoms with E-state index in [1.165, 1.54) is 13.2 Å². The monoisotopic (exact) mass is 379 g/mol. The van der Waals surface area contributed by atoms with Gasteiger partial charge in [0.25, 0.3) is 0 Å². The summed E-state index contributed by atoms with van der Waals surface area (Å²) >= 11 is 0. The highest BCUT2D eigenvalue weighted by atomic mass is 16.5. The van der Waals surface area contributed by atoms with Crippen LogP contribution in [-0.2, 0) is 20.9 Å². The molecular formula is C22H21NO5. The molecule has 0 aliphatic rings. The molecule has 0 saturated carbocycles. The lowest BCUT2D eigenvalue weighted by Gasteiger charge is -2.08. The number of hydrogen-bond donors (Lipinski definition) is 0. The lowest BCUT2D eigenvalue weighted by atomic mass is 10.1. The summed E-state index contributed by atoms with van der Waals surface area (Å²) in [7, 11) is 1.34. The van der Waals surface area contributed by atoms with E-state index in [2.05, 4.69) is 4.74 Å². The zero-order chi connectivity index (χ0) is 20.5. The van der Waals surface area contributed by atoms with Crippen LogP contribution < -0.4 is 4.74 Å². The van der Waals surface area contributed by atoms with E-state index in [1.807, 2.05) is 6.07 Å². The van der Waals surface area contributed by atoms with Crippen molar-refractivity contribution in [1.29, 1.82) is 5.26 Å². The van der Waals surface area contributed by atoms with Crippen LogP contribution in [0.5, 0.6) is 5.75 Å². The Morgan fingerprint density at radius 1 is 1.07 bits per heavy atom. The molecule has 2 rings (SSSR count). The molecule has 0 unspecified atom stereocenters. The van der Waals surface area contributed by atoms with Crippen LogP contribution in [0.15, 0.2) is 54.1 Å². The molecule has 0 aromatic heterocycles. The van der Waals surface area contributed by atoms with Crippen LogP contribution in [0.1, 0.15) is 35.3 Å². The first-order chi connectivity index (χ1) is 13.4. The fourth-order valence-electron chi connectivity index (χ4n) is 2.26. The van der Waals surface area contributed by atoms with E-state index in [4.69, 9.17) is 14.7 Å². The van der Waals surface area contributed by atoms with Crippen molar-refractivity contribution < 1.29 is 23.8 Å². The van der Waals surface area contributed by atoms with Gasteiger partial charge >= 0.3 is 11.9 Å². The second-order valence-corrected chi connectivity index (χ2v) is 6.17. The molecular weight excluding hydrogens is 358 g/mol. The summed E-state index contributed by atoms with van der Waals surface area (Å²) in [6, 6.07) is 15.8. The van der Waals surface area contributed by atoms with Crippen molar-refractivity contribution in [1.82, 2.24) is 0 Å². The van der Waals surface area contributed by atoms with E-state index in [0.717, 1.165) is 5.56 Å². The van der Waals surface area contributed by atoms with Gasteiger partial charge in [-0.05, 0) is 55.3 Å². The number of nitrogens with zero attached hydrogens (tertiary/aromatic N) is 1. The Labute approximate surface area is 164 Å². The normalized spacial score (nSPS) is 10.9. The van der Waals surface area contributed by atoms with Crippen molar-refractivity contribution in [2.24, 2.45) is 0 Å². The molecule has 0 saturated heterocycles. The number of ether oxygens (including phenoxy) is 3. The number of esters is 2. The third-order valence-electron chi connectivity index (χ3n) is 3.65. The molecule has 0 bridgehead atoms. The Bertz CT molecular complexity index is 890. The molecule has 2 aromatic carbocycles. The summed E-state index contributed by atoms with van der Waals surface area (Å²) in [4.78, 5) is 23.3. The maximum absolute atomic E-state index is 11.8. The van der Waals surface area contributed by atoms with Gasteiger partial charge < -0.3 is 14.2 Å².